The first-order chi connectivity index (χ1) is 13.7. The SMILES string of the molecule is CCc1cccc(CC)c1NC(=O)c1cnc(N2CCc3ccccc32)nc1. The molecule has 28 heavy (non-hydrogen) atoms. The fourth-order valence-corrected chi connectivity index (χ4v) is 3.71. The highest BCUT2D eigenvalue weighted by molar-refractivity contribution is 6.04. The molecule has 2 aromatic carbocycles. The van der Waals surface area contributed by atoms with Crippen molar-refractivity contribution >= 4 is 23.2 Å². The molecule has 0 unspecified atom stereocenters. The number of aryl methyl sites for hydroxylation is 2. The van der Waals surface area contributed by atoms with E-state index in [1.807, 2.05) is 12.1 Å². The Balaban J connectivity index is 1.55. The van der Waals surface area contributed by atoms with Gasteiger partial charge in [-0.3, -0.25) is 4.79 Å². The summed E-state index contributed by atoms with van der Waals surface area (Å²) < 4.78 is 0. The van der Waals surface area contributed by atoms with Crippen molar-refractivity contribution in [1.29, 1.82) is 0 Å². The number of rotatable bonds is 5. The Morgan fingerprint density at radius 1 is 1.00 bits per heavy atom. The van der Waals surface area contributed by atoms with Gasteiger partial charge in [-0.05, 0) is 42.0 Å². The summed E-state index contributed by atoms with van der Waals surface area (Å²) in [6, 6.07) is 14.4. The third-order valence-electron chi connectivity index (χ3n) is 5.27. The zero-order valence-corrected chi connectivity index (χ0v) is 16.3. The third kappa shape index (κ3) is 3.36. The molecule has 1 aromatic heterocycles. The van der Waals surface area contributed by atoms with Crippen LogP contribution in [-0.4, -0.2) is 22.4 Å². The van der Waals surface area contributed by atoms with E-state index < -0.39 is 0 Å². The Hall–Kier alpha value is -3.21. The van der Waals surface area contributed by atoms with Crippen molar-refractivity contribution in [3.63, 3.8) is 0 Å². The zero-order valence-electron chi connectivity index (χ0n) is 16.3. The monoisotopic (exact) mass is 372 g/mol. The number of aromatic nitrogens is 2. The first-order valence-corrected chi connectivity index (χ1v) is 9.80. The molecule has 0 aliphatic carbocycles. The second-order valence-corrected chi connectivity index (χ2v) is 6.91. The number of carbonyl (C=O) groups is 1. The summed E-state index contributed by atoms with van der Waals surface area (Å²) in [6.45, 7) is 5.04. The van der Waals surface area contributed by atoms with Crippen LogP contribution in [0.2, 0.25) is 0 Å². The molecule has 1 aliphatic rings. The van der Waals surface area contributed by atoms with Crippen LogP contribution < -0.4 is 10.2 Å². The molecule has 5 nitrogen and oxygen atoms in total. The molecule has 4 rings (SSSR count). The molecule has 0 atom stereocenters. The summed E-state index contributed by atoms with van der Waals surface area (Å²) in [7, 11) is 0. The van der Waals surface area contributed by atoms with Crippen molar-refractivity contribution in [1.82, 2.24) is 9.97 Å². The minimum Gasteiger partial charge on any atom is -0.321 e. The molecule has 0 bridgehead atoms. The summed E-state index contributed by atoms with van der Waals surface area (Å²) in [5.41, 5.74) is 6.09. The molecule has 0 saturated heterocycles. The van der Waals surface area contributed by atoms with Gasteiger partial charge >= 0.3 is 0 Å². The first kappa shape index (κ1) is 18.2. The molecule has 0 fully saturated rings. The van der Waals surface area contributed by atoms with Gasteiger partial charge in [-0.25, -0.2) is 9.97 Å². The van der Waals surface area contributed by atoms with Crippen molar-refractivity contribution in [2.24, 2.45) is 0 Å². The number of nitrogens with zero attached hydrogens (tertiary/aromatic N) is 3. The van der Waals surface area contributed by atoms with Crippen LogP contribution in [0.5, 0.6) is 0 Å². The average molecular weight is 372 g/mol. The molecule has 2 heterocycles. The summed E-state index contributed by atoms with van der Waals surface area (Å²) in [4.78, 5) is 23.8. The third-order valence-corrected chi connectivity index (χ3v) is 5.27. The predicted molar refractivity (Wildman–Crippen MR) is 112 cm³/mol. The number of para-hydroxylation sites is 2. The van der Waals surface area contributed by atoms with Gasteiger partial charge in [-0.1, -0.05) is 50.2 Å². The van der Waals surface area contributed by atoms with Crippen molar-refractivity contribution < 1.29 is 4.79 Å². The van der Waals surface area contributed by atoms with E-state index in [2.05, 4.69) is 64.4 Å². The number of nitrogens with one attached hydrogen (secondary N) is 1. The number of amides is 1. The highest BCUT2D eigenvalue weighted by atomic mass is 16.1. The summed E-state index contributed by atoms with van der Waals surface area (Å²) in [5.74, 6) is 0.452. The van der Waals surface area contributed by atoms with E-state index in [4.69, 9.17) is 0 Å². The molecule has 3 aromatic rings. The number of anilines is 3. The van der Waals surface area contributed by atoms with Gasteiger partial charge in [0.15, 0.2) is 0 Å². The lowest BCUT2D eigenvalue weighted by Gasteiger charge is -2.17. The fraction of sp³-hybridized carbons (Fsp3) is 0.261. The Kier molecular flexibility index (Phi) is 5.06. The molecule has 0 spiro atoms. The van der Waals surface area contributed by atoms with Gasteiger partial charge in [0, 0.05) is 30.3 Å². The van der Waals surface area contributed by atoms with Gasteiger partial charge in [0.1, 0.15) is 0 Å². The second-order valence-electron chi connectivity index (χ2n) is 6.91. The van der Waals surface area contributed by atoms with Gasteiger partial charge in [0.05, 0.1) is 5.56 Å². The van der Waals surface area contributed by atoms with Crippen LogP contribution in [0.4, 0.5) is 17.3 Å². The fourth-order valence-electron chi connectivity index (χ4n) is 3.71. The first-order valence-electron chi connectivity index (χ1n) is 9.80. The number of hydrogen-bond donors (Lipinski definition) is 1. The van der Waals surface area contributed by atoms with E-state index >= 15 is 0 Å². The van der Waals surface area contributed by atoms with Gasteiger partial charge < -0.3 is 10.2 Å². The predicted octanol–water partition coefficient (Wildman–Crippen LogP) is 4.55. The lowest BCUT2D eigenvalue weighted by atomic mass is 10.0. The average Bonchev–Trinajstić information content (AvgIpc) is 3.18. The van der Waals surface area contributed by atoms with Crippen LogP contribution in [0.3, 0.4) is 0 Å². The minimum atomic E-state index is -0.177. The van der Waals surface area contributed by atoms with Crippen LogP contribution >= 0.6 is 0 Å². The summed E-state index contributed by atoms with van der Waals surface area (Å²) in [6.07, 6.45) is 5.94. The lowest BCUT2D eigenvalue weighted by Crippen LogP contribution is -2.19. The molecule has 0 saturated carbocycles. The van der Waals surface area contributed by atoms with E-state index in [1.54, 1.807) is 12.4 Å². The zero-order chi connectivity index (χ0) is 19.5. The number of carbonyl (C=O) groups excluding carboxylic acids is 1. The van der Waals surface area contributed by atoms with Gasteiger partial charge in [-0.2, -0.15) is 0 Å². The van der Waals surface area contributed by atoms with E-state index in [-0.39, 0.29) is 5.91 Å². The number of hydrogen-bond acceptors (Lipinski definition) is 4. The largest absolute Gasteiger partial charge is 0.321 e. The van der Waals surface area contributed by atoms with Gasteiger partial charge in [-0.15, -0.1) is 0 Å². The van der Waals surface area contributed by atoms with Crippen molar-refractivity contribution in [3.8, 4) is 0 Å². The quantitative estimate of drug-likeness (QED) is 0.714. The normalized spacial score (nSPS) is 12.7. The lowest BCUT2D eigenvalue weighted by molar-refractivity contribution is 0.102. The molecule has 142 valence electrons. The highest BCUT2D eigenvalue weighted by Crippen LogP contribution is 2.32. The van der Waals surface area contributed by atoms with E-state index in [0.29, 0.717) is 11.5 Å². The van der Waals surface area contributed by atoms with E-state index in [9.17, 15) is 4.79 Å². The van der Waals surface area contributed by atoms with Gasteiger partial charge in [0.25, 0.3) is 5.91 Å². The number of benzene rings is 2. The molecule has 1 amide bonds. The van der Waals surface area contributed by atoms with E-state index in [1.165, 1.54) is 5.56 Å². The second kappa shape index (κ2) is 7.80. The Morgan fingerprint density at radius 3 is 2.36 bits per heavy atom. The molecular weight excluding hydrogens is 348 g/mol. The molecular formula is C23H24N4O. The van der Waals surface area contributed by atoms with Crippen LogP contribution in [0.15, 0.2) is 54.9 Å². The summed E-state index contributed by atoms with van der Waals surface area (Å²) in [5, 5.41) is 3.07. The molecule has 1 N–H and O–H groups in total. The van der Waals surface area contributed by atoms with Crippen molar-refractivity contribution in [2.75, 3.05) is 16.8 Å². The smallest absolute Gasteiger partial charge is 0.258 e. The van der Waals surface area contributed by atoms with Crippen LogP contribution in [-0.2, 0) is 19.3 Å². The Labute approximate surface area is 165 Å². The standard InChI is InChI=1S/C23H24N4O/c1-3-16-9-7-10-17(4-2)21(16)26-22(28)19-14-24-23(25-15-19)27-13-12-18-8-5-6-11-20(18)27/h5-11,14-15H,3-4,12-13H2,1-2H3,(H,26,28). The minimum absolute atomic E-state index is 0.177. The molecule has 1 aliphatic heterocycles. The maximum absolute atomic E-state index is 12.8. The van der Waals surface area contributed by atoms with E-state index in [0.717, 1.165) is 48.3 Å². The van der Waals surface area contributed by atoms with Crippen LogP contribution in [0.25, 0.3) is 0 Å². The highest BCUT2D eigenvalue weighted by Gasteiger charge is 2.22. The van der Waals surface area contributed by atoms with Crippen LogP contribution in [0.1, 0.15) is 40.9 Å². The Morgan fingerprint density at radius 2 is 1.68 bits per heavy atom. The topological polar surface area (TPSA) is 58.1 Å². The van der Waals surface area contributed by atoms with Crippen molar-refractivity contribution in [3.05, 3.63) is 77.1 Å². The maximum atomic E-state index is 12.8. The molecule has 5 heteroatoms. The van der Waals surface area contributed by atoms with Gasteiger partial charge in [0.2, 0.25) is 5.95 Å². The number of fused-ring (bicyclic) bond motifs is 1. The summed E-state index contributed by atoms with van der Waals surface area (Å²) >= 11 is 0. The molecule has 0 radical (unpaired) electrons. The Bertz CT molecular complexity index is 975. The maximum Gasteiger partial charge on any atom is 0.258 e. The van der Waals surface area contributed by atoms with Crippen LogP contribution in [0, 0.1) is 0 Å². The van der Waals surface area contributed by atoms with Crippen molar-refractivity contribution in [2.45, 2.75) is 33.1 Å².